The molecule has 0 fully saturated rings. The number of esters is 1. The summed E-state index contributed by atoms with van der Waals surface area (Å²) < 4.78 is 5.17. The summed E-state index contributed by atoms with van der Waals surface area (Å²) in [6.45, 7) is 6.13. The highest BCUT2D eigenvalue weighted by molar-refractivity contribution is 5.92. The Kier molecular flexibility index (Phi) is 4.05. The number of benzene rings is 1. The van der Waals surface area contributed by atoms with E-state index in [4.69, 9.17) is 4.74 Å². The summed E-state index contributed by atoms with van der Waals surface area (Å²) in [7, 11) is 0. The van der Waals surface area contributed by atoms with Gasteiger partial charge in [0.15, 0.2) is 0 Å². The standard InChI is InChI=1S/C16H19NO2/c1-4-19-16(18)15-12(3)17-11(2)10-14(15)13-8-6-5-7-9-13/h5-10,14,17H,4H2,1-3H3. The van der Waals surface area contributed by atoms with Gasteiger partial charge in [-0.1, -0.05) is 36.4 Å². The van der Waals surface area contributed by atoms with Crippen LogP contribution in [0.3, 0.4) is 0 Å². The van der Waals surface area contributed by atoms with Crippen LogP contribution >= 0.6 is 0 Å². The molecule has 1 aliphatic heterocycles. The van der Waals surface area contributed by atoms with E-state index in [1.807, 2.05) is 51.1 Å². The molecule has 2 rings (SSSR count). The van der Waals surface area contributed by atoms with E-state index in [9.17, 15) is 4.79 Å². The molecule has 0 saturated carbocycles. The first-order valence-corrected chi connectivity index (χ1v) is 6.51. The molecule has 0 spiro atoms. The van der Waals surface area contributed by atoms with Crippen molar-refractivity contribution in [1.82, 2.24) is 5.32 Å². The van der Waals surface area contributed by atoms with Crippen LogP contribution in [0.1, 0.15) is 32.3 Å². The van der Waals surface area contributed by atoms with Gasteiger partial charge >= 0.3 is 5.97 Å². The zero-order valence-electron chi connectivity index (χ0n) is 11.6. The van der Waals surface area contributed by atoms with Crippen molar-refractivity contribution in [2.75, 3.05) is 6.61 Å². The molecule has 19 heavy (non-hydrogen) atoms. The first-order valence-electron chi connectivity index (χ1n) is 6.51. The molecule has 3 nitrogen and oxygen atoms in total. The molecule has 1 heterocycles. The minimum absolute atomic E-state index is 0.0403. The van der Waals surface area contributed by atoms with Gasteiger partial charge in [0.1, 0.15) is 0 Å². The minimum atomic E-state index is -0.245. The van der Waals surface area contributed by atoms with E-state index in [2.05, 4.69) is 11.4 Å². The topological polar surface area (TPSA) is 38.3 Å². The maximum atomic E-state index is 12.1. The molecule has 1 N–H and O–H groups in total. The number of nitrogens with one attached hydrogen (secondary N) is 1. The molecular formula is C16H19NO2. The molecule has 0 amide bonds. The Morgan fingerprint density at radius 3 is 2.58 bits per heavy atom. The lowest BCUT2D eigenvalue weighted by molar-refractivity contribution is -0.138. The smallest absolute Gasteiger partial charge is 0.336 e. The lowest BCUT2D eigenvalue weighted by Crippen LogP contribution is -2.25. The van der Waals surface area contributed by atoms with Crippen molar-refractivity contribution in [3.05, 3.63) is 58.9 Å². The molecule has 1 atom stereocenters. The zero-order valence-corrected chi connectivity index (χ0v) is 11.6. The third kappa shape index (κ3) is 2.87. The number of hydrogen-bond acceptors (Lipinski definition) is 3. The second-order valence-electron chi connectivity index (χ2n) is 4.62. The van der Waals surface area contributed by atoms with Gasteiger partial charge in [-0.05, 0) is 26.3 Å². The minimum Gasteiger partial charge on any atom is -0.463 e. The van der Waals surface area contributed by atoms with E-state index in [0.717, 1.165) is 17.0 Å². The first kappa shape index (κ1) is 13.4. The maximum absolute atomic E-state index is 12.1. The Morgan fingerprint density at radius 2 is 1.95 bits per heavy atom. The zero-order chi connectivity index (χ0) is 13.8. The van der Waals surface area contributed by atoms with Gasteiger partial charge in [0, 0.05) is 17.3 Å². The molecule has 3 heteroatoms. The number of allylic oxidation sites excluding steroid dienone is 3. The summed E-state index contributed by atoms with van der Waals surface area (Å²) in [6.07, 6.45) is 2.06. The van der Waals surface area contributed by atoms with Crippen LogP contribution < -0.4 is 5.32 Å². The van der Waals surface area contributed by atoms with E-state index in [1.54, 1.807) is 0 Å². The predicted octanol–water partition coefficient (Wildman–Crippen LogP) is 3.11. The summed E-state index contributed by atoms with van der Waals surface area (Å²) >= 11 is 0. The third-order valence-electron chi connectivity index (χ3n) is 3.17. The van der Waals surface area contributed by atoms with Gasteiger partial charge in [-0.3, -0.25) is 0 Å². The summed E-state index contributed by atoms with van der Waals surface area (Å²) in [6, 6.07) is 10.0. The quantitative estimate of drug-likeness (QED) is 0.845. The van der Waals surface area contributed by atoms with Crippen molar-refractivity contribution in [2.24, 2.45) is 0 Å². The number of carbonyl (C=O) groups is 1. The van der Waals surface area contributed by atoms with Crippen LogP contribution in [0, 0.1) is 0 Å². The summed E-state index contributed by atoms with van der Waals surface area (Å²) in [4.78, 5) is 12.1. The molecule has 1 unspecified atom stereocenters. The van der Waals surface area contributed by atoms with Crippen molar-refractivity contribution in [1.29, 1.82) is 0 Å². The van der Waals surface area contributed by atoms with Gasteiger partial charge in [-0.2, -0.15) is 0 Å². The predicted molar refractivity (Wildman–Crippen MR) is 75.4 cm³/mol. The van der Waals surface area contributed by atoms with Crippen LogP contribution in [-0.4, -0.2) is 12.6 Å². The average Bonchev–Trinajstić information content (AvgIpc) is 2.39. The Morgan fingerprint density at radius 1 is 1.26 bits per heavy atom. The van der Waals surface area contributed by atoms with Gasteiger partial charge < -0.3 is 10.1 Å². The van der Waals surface area contributed by atoms with Crippen molar-refractivity contribution >= 4 is 5.97 Å². The molecule has 1 aromatic rings. The molecule has 0 bridgehead atoms. The summed E-state index contributed by atoms with van der Waals surface area (Å²) in [5.41, 5.74) is 3.72. The largest absolute Gasteiger partial charge is 0.463 e. The number of carbonyl (C=O) groups excluding carboxylic acids is 1. The molecule has 0 aromatic heterocycles. The molecule has 1 aromatic carbocycles. The number of hydrogen-bond donors (Lipinski definition) is 1. The monoisotopic (exact) mass is 257 g/mol. The average molecular weight is 257 g/mol. The van der Waals surface area contributed by atoms with E-state index in [0.29, 0.717) is 12.2 Å². The summed E-state index contributed by atoms with van der Waals surface area (Å²) in [5.74, 6) is -0.286. The maximum Gasteiger partial charge on any atom is 0.336 e. The highest BCUT2D eigenvalue weighted by Crippen LogP contribution is 2.32. The second-order valence-corrected chi connectivity index (χ2v) is 4.62. The highest BCUT2D eigenvalue weighted by atomic mass is 16.5. The Bertz CT molecular complexity index is 529. The second kappa shape index (κ2) is 5.74. The number of rotatable bonds is 3. The number of ether oxygens (including phenoxy) is 1. The molecule has 100 valence electrons. The van der Waals surface area contributed by atoms with E-state index >= 15 is 0 Å². The van der Waals surface area contributed by atoms with Gasteiger partial charge in [-0.15, -0.1) is 0 Å². The fourth-order valence-corrected chi connectivity index (χ4v) is 2.38. The van der Waals surface area contributed by atoms with Gasteiger partial charge in [0.05, 0.1) is 12.2 Å². The van der Waals surface area contributed by atoms with Crippen LogP contribution in [0.25, 0.3) is 0 Å². The van der Waals surface area contributed by atoms with Crippen LogP contribution in [0.15, 0.2) is 53.4 Å². The van der Waals surface area contributed by atoms with Gasteiger partial charge in [0.2, 0.25) is 0 Å². The Balaban J connectivity index is 2.42. The Labute approximate surface area is 114 Å². The van der Waals surface area contributed by atoms with Crippen molar-refractivity contribution in [2.45, 2.75) is 26.7 Å². The van der Waals surface area contributed by atoms with Gasteiger partial charge in [-0.25, -0.2) is 4.79 Å². The van der Waals surface area contributed by atoms with Crippen molar-refractivity contribution < 1.29 is 9.53 Å². The van der Waals surface area contributed by atoms with Crippen LogP contribution in [-0.2, 0) is 9.53 Å². The van der Waals surface area contributed by atoms with E-state index in [1.165, 1.54) is 0 Å². The lowest BCUT2D eigenvalue weighted by Gasteiger charge is -2.25. The fraction of sp³-hybridized carbons (Fsp3) is 0.312. The molecule has 0 aliphatic carbocycles. The Hall–Kier alpha value is -2.03. The molecular weight excluding hydrogens is 238 g/mol. The first-order chi connectivity index (χ1) is 9.13. The molecule has 1 aliphatic rings. The van der Waals surface area contributed by atoms with Crippen molar-refractivity contribution in [3.8, 4) is 0 Å². The van der Waals surface area contributed by atoms with Crippen LogP contribution in [0.4, 0.5) is 0 Å². The number of dihydropyridines is 1. The normalized spacial score (nSPS) is 18.7. The van der Waals surface area contributed by atoms with Crippen molar-refractivity contribution in [3.63, 3.8) is 0 Å². The molecule has 0 radical (unpaired) electrons. The third-order valence-corrected chi connectivity index (χ3v) is 3.17. The highest BCUT2D eigenvalue weighted by Gasteiger charge is 2.27. The molecule has 0 saturated heterocycles. The van der Waals surface area contributed by atoms with E-state index in [-0.39, 0.29) is 11.9 Å². The SMILES string of the molecule is CCOC(=O)C1=C(C)NC(C)=CC1c1ccccc1. The lowest BCUT2D eigenvalue weighted by atomic mass is 9.87. The van der Waals surface area contributed by atoms with Crippen LogP contribution in [0.5, 0.6) is 0 Å². The van der Waals surface area contributed by atoms with Crippen LogP contribution in [0.2, 0.25) is 0 Å². The van der Waals surface area contributed by atoms with E-state index < -0.39 is 0 Å². The summed E-state index contributed by atoms with van der Waals surface area (Å²) in [5, 5.41) is 3.21. The fourth-order valence-electron chi connectivity index (χ4n) is 2.38. The van der Waals surface area contributed by atoms with Gasteiger partial charge in [0.25, 0.3) is 0 Å².